The minimum absolute atomic E-state index is 0.163. The molecule has 10 heteroatoms. The molecule has 2 amide bonds. The van der Waals surface area contributed by atoms with E-state index < -0.39 is 16.1 Å². The third-order valence-electron chi connectivity index (χ3n) is 4.32. The zero-order valence-corrected chi connectivity index (χ0v) is 18.6. The van der Waals surface area contributed by atoms with E-state index in [1.165, 1.54) is 11.3 Å². The highest BCUT2D eigenvalue weighted by atomic mass is 35.5. The van der Waals surface area contributed by atoms with Crippen LogP contribution in [0.1, 0.15) is 5.56 Å². The number of halogens is 1. The van der Waals surface area contributed by atoms with Crippen LogP contribution in [0.4, 0.5) is 21.3 Å². The first-order valence-corrected chi connectivity index (χ1v) is 11.8. The minimum Gasteiger partial charge on any atom is -0.308 e. The number of carbonyl (C=O) groups excluding carboxylic acids is 1. The summed E-state index contributed by atoms with van der Waals surface area (Å²) in [5, 5.41) is 6.06. The number of hydrogen-bond acceptors (Lipinski definition) is 5. The molecular formula is C21H17ClN4O3S2. The number of sulfonamides is 1. The highest BCUT2D eigenvalue weighted by Gasteiger charge is 2.17. The molecule has 0 saturated carbocycles. The number of carbonyl (C=O) groups is 1. The molecule has 3 aromatic carbocycles. The quantitative estimate of drug-likeness (QED) is 0.346. The maximum Gasteiger partial charge on any atom is 0.323 e. The van der Waals surface area contributed by atoms with Crippen LogP contribution in [0.15, 0.2) is 71.6 Å². The second-order valence-electron chi connectivity index (χ2n) is 6.68. The van der Waals surface area contributed by atoms with E-state index in [-0.39, 0.29) is 10.0 Å². The molecule has 0 aliphatic heterocycles. The Balaban J connectivity index is 1.50. The molecule has 0 saturated heterocycles. The van der Waals surface area contributed by atoms with Crippen molar-refractivity contribution < 1.29 is 13.2 Å². The van der Waals surface area contributed by atoms with Crippen LogP contribution in [0.5, 0.6) is 0 Å². The lowest BCUT2D eigenvalue weighted by Gasteiger charge is -2.08. The molecular weight excluding hydrogens is 456 g/mol. The van der Waals surface area contributed by atoms with Crippen LogP contribution in [-0.4, -0.2) is 19.4 Å². The Labute approximate surface area is 188 Å². The van der Waals surface area contributed by atoms with Crippen LogP contribution >= 0.6 is 22.9 Å². The van der Waals surface area contributed by atoms with Crippen molar-refractivity contribution in [2.45, 2.75) is 11.8 Å². The number of urea groups is 1. The normalized spacial score (nSPS) is 11.3. The number of anilines is 3. The predicted molar refractivity (Wildman–Crippen MR) is 126 cm³/mol. The third-order valence-corrected chi connectivity index (χ3v) is 7.09. The van der Waals surface area contributed by atoms with Gasteiger partial charge in [0, 0.05) is 5.69 Å². The highest BCUT2D eigenvalue weighted by Crippen LogP contribution is 2.30. The number of aromatic nitrogens is 1. The fourth-order valence-electron chi connectivity index (χ4n) is 2.79. The van der Waals surface area contributed by atoms with E-state index in [0.717, 1.165) is 10.3 Å². The van der Waals surface area contributed by atoms with Crippen LogP contribution in [-0.2, 0) is 10.0 Å². The molecule has 0 fully saturated rings. The number of nitrogens with one attached hydrogen (secondary N) is 3. The first-order valence-electron chi connectivity index (χ1n) is 9.13. The molecule has 1 aromatic heterocycles. The molecule has 0 atom stereocenters. The molecule has 4 aromatic rings. The molecule has 1 heterocycles. The van der Waals surface area contributed by atoms with E-state index in [4.69, 9.17) is 11.6 Å². The van der Waals surface area contributed by atoms with Crippen molar-refractivity contribution in [2.24, 2.45) is 0 Å². The second kappa shape index (κ2) is 8.54. The fraction of sp³-hybridized carbons (Fsp3) is 0.0476. The Bertz CT molecular complexity index is 1370. The summed E-state index contributed by atoms with van der Waals surface area (Å²) in [5.41, 5.74) is 2.53. The monoisotopic (exact) mass is 472 g/mol. The van der Waals surface area contributed by atoms with E-state index in [0.29, 0.717) is 21.9 Å². The van der Waals surface area contributed by atoms with E-state index in [2.05, 4.69) is 20.3 Å². The summed E-state index contributed by atoms with van der Waals surface area (Å²) in [5.74, 6) is 0. The van der Waals surface area contributed by atoms with Crippen molar-refractivity contribution in [3.63, 3.8) is 0 Å². The van der Waals surface area contributed by atoms with E-state index in [9.17, 15) is 13.2 Å². The molecule has 0 unspecified atom stereocenters. The van der Waals surface area contributed by atoms with Gasteiger partial charge in [-0.05, 0) is 49.4 Å². The molecule has 0 aliphatic rings. The van der Waals surface area contributed by atoms with Gasteiger partial charge in [-0.25, -0.2) is 18.2 Å². The first-order chi connectivity index (χ1) is 14.8. The number of benzene rings is 3. The average Bonchev–Trinajstić information content (AvgIpc) is 3.10. The molecule has 4 rings (SSSR count). The van der Waals surface area contributed by atoms with Crippen LogP contribution in [0.2, 0.25) is 5.02 Å². The van der Waals surface area contributed by atoms with Gasteiger partial charge in [-0.1, -0.05) is 52.8 Å². The number of para-hydroxylation sites is 1. The molecule has 3 N–H and O–H groups in total. The standard InChI is InChI=1S/C21H17ClN4O3S2/c1-13-6-9-15(10-7-13)31(28,29)26-21-25-18-12-14(8-11-19(18)30-21)23-20(27)24-17-5-3-2-4-16(17)22/h2-12H,1H3,(H,25,26)(H2,23,24,27). The maximum atomic E-state index is 12.6. The summed E-state index contributed by atoms with van der Waals surface area (Å²) in [6, 6.07) is 18.2. The van der Waals surface area contributed by atoms with Crippen molar-refractivity contribution in [2.75, 3.05) is 15.4 Å². The SMILES string of the molecule is Cc1ccc(S(=O)(=O)Nc2nc3cc(NC(=O)Nc4ccccc4Cl)ccc3s2)cc1. The van der Waals surface area contributed by atoms with Gasteiger partial charge in [0.2, 0.25) is 0 Å². The molecule has 0 bridgehead atoms. The smallest absolute Gasteiger partial charge is 0.308 e. The minimum atomic E-state index is -3.74. The number of amides is 2. The summed E-state index contributed by atoms with van der Waals surface area (Å²) in [6.45, 7) is 1.89. The van der Waals surface area contributed by atoms with Gasteiger partial charge in [-0.3, -0.25) is 4.72 Å². The van der Waals surface area contributed by atoms with Crippen LogP contribution in [0.25, 0.3) is 10.2 Å². The summed E-state index contributed by atoms with van der Waals surface area (Å²) in [6.07, 6.45) is 0. The molecule has 158 valence electrons. The van der Waals surface area contributed by atoms with Gasteiger partial charge in [0.05, 0.1) is 25.8 Å². The molecule has 0 radical (unpaired) electrons. The maximum absolute atomic E-state index is 12.6. The van der Waals surface area contributed by atoms with Gasteiger partial charge in [0.25, 0.3) is 10.0 Å². The van der Waals surface area contributed by atoms with Crippen LogP contribution < -0.4 is 15.4 Å². The highest BCUT2D eigenvalue weighted by molar-refractivity contribution is 7.93. The third kappa shape index (κ3) is 4.96. The Hall–Kier alpha value is -3.14. The summed E-state index contributed by atoms with van der Waals surface area (Å²) < 4.78 is 28.4. The lowest BCUT2D eigenvalue weighted by Crippen LogP contribution is -2.19. The Kier molecular flexibility index (Phi) is 5.81. The largest absolute Gasteiger partial charge is 0.323 e. The number of nitrogens with zero attached hydrogens (tertiary/aromatic N) is 1. The van der Waals surface area contributed by atoms with Gasteiger partial charge >= 0.3 is 6.03 Å². The lowest BCUT2D eigenvalue weighted by atomic mass is 10.2. The Morgan fingerprint density at radius 2 is 1.74 bits per heavy atom. The van der Waals surface area contributed by atoms with Crippen molar-refractivity contribution in [3.8, 4) is 0 Å². The van der Waals surface area contributed by atoms with Crippen molar-refractivity contribution in [3.05, 3.63) is 77.3 Å². The zero-order chi connectivity index (χ0) is 22.0. The van der Waals surface area contributed by atoms with E-state index in [1.54, 1.807) is 66.7 Å². The van der Waals surface area contributed by atoms with Crippen LogP contribution in [0.3, 0.4) is 0 Å². The van der Waals surface area contributed by atoms with Gasteiger partial charge in [0.15, 0.2) is 5.13 Å². The van der Waals surface area contributed by atoms with Crippen LogP contribution in [0, 0.1) is 6.92 Å². The van der Waals surface area contributed by atoms with Gasteiger partial charge in [0.1, 0.15) is 0 Å². The van der Waals surface area contributed by atoms with Gasteiger partial charge < -0.3 is 10.6 Å². The number of rotatable bonds is 5. The summed E-state index contributed by atoms with van der Waals surface area (Å²) in [7, 11) is -3.74. The molecule has 7 nitrogen and oxygen atoms in total. The van der Waals surface area contributed by atoms with Crippen molar-refractivity contribution >= 4 is 65.7 Å². The molecule has 0 spiro atoms. The first kappa shape index (κ1) is 21.1. The van der Waals surface area contributed by atoms with Crippen molar-refractivity contribution in [1.29, 1.82) is 0 Å². The average molecular weight is 473 g/mol. The Morgan fingerprint density at radius 1 is 1.00 bits per heavy atom. The Morgan fingerprint density at radius 3 is 2.48 bits per heavy atom. The van der Waals surface area contributed by atoms with Gasteiger partial charge in [-0.15, -0.1) is 0 Å². The van der Waals surface area contributed by atoms with Crippen molar-refractivity contribution in [1.82, 2.24) is 4.98 Å². The summed E-state index contributed by atoms with van der Waals surface area (Å²) in [4.78, 5) is 16.8. The number of hydrogen-bond donors (Lipinski definition) is 3. The number of fused-ring (bicyclic) bond motifs is 1. The fourth-order valence-corrected chi connectivity index (χ4v) is 5.05. The zero-order valence-electron chi connectivity index (χ0n) is 16.2. The molecule has 0 aliphatic carbocycles. The predicted octanol–water partition coefficient (Wildman–Crippen LogP) is 5.70. The van der Waals surface area contributed by atoms with E-state index >= 15 is 0 Å². The summed E-state index contributed by atoms with van der Waals surface area (Å²) >= 11 is 7.26. The van der Waals surface area contributed by atoms with E-state index in [1.807, 2.05) is 6.92 Å². The second-order valence-corrected chi connectivity index (χ2v) is 9.80. The molecule has 31 heavy (non-hydrogen) atoms. The lowest BCUT2D eigenvalue weighted by molar-refractivity contribution is 0.262. The number of aryl methyl sites for hydroxylation is 1. The number of thiazole rings is 1. The van der Waals surface area contributed by atoms with Gasteiger partial charge in [-0.2, -0.15) is 0 Å². The topological polar surface area (TPSA) is 100 Å².